The van der Waals surface area contributed by atoms with Crippen molar-refractivity contribution in [1.29, 1.82) is 0 Å². The van der Waals surface area contributed by atoms with Gasteiger partial charge in [0.25, 0.3) is 11.8 Å². The third kappa shape index (κ3) is 6.56. The van der Waals surface area contributed by atoms with Crippen LogP contribution in [-0.2, 0) is 25.7 Å². The van der Waals surface area contributed by atoms with Gasteiger partial charge in [0.1, 0.15) is 16.9 Å². The van der Waals surface area contributed by atoms with E-state index in [1.165, 1.54) is 12.4 Å². The largest absolute Gasteiger partial charge is 0.416 e. The maximum Gasteiger partial charge on any atom is 0.416 e. The fourth-order valence-electron chi connectivity index (χ4n) is 3.38. The summed E-state index contributed by atoms with van der Waals surface area (Å²) < 4.78 is 53.9. The van der Waals surface area contributed by atoms with Gasteiger partial charge in [0, 0.05) is 37.6 Å². The average molecular weight is 489 g/mol. The van der Waals surface area contributed by atoms with Gasteiger partial charge >= 0.3 is 6.18 Å². The van der Waals surface area contributed by atoms with E-state index in [9.17, 15) is 31.9 Å². The lowest BCUT2D eigenvalue weighted by Crippen LogP contribution is -2.35. The molecule has 2 N–H and O–H groups in total. The summed E-state index contributed by atoms with van der Waals surface area (Å²) >= 11 is 0. The molecule has 2 aromatic carbocycles. The summed E-state index contributed by atoms with van der Waals surface area (Å²) in [5, 5.41) is 4.88. The van der Waals surface area contributed by atoms with Crippen LogP contribution in [0.5, 0.6) is 0 Å². The molecule has 0 aliphatic heterocycles. The zero-order valence-electron chi connectivity index (χ0n) is 18.8. The summed E-state index contributed by atoms with van der Waals surface area (Å²) in [5.74, 6) is -2.67. The van der Waals surface area contributed by atoms with Gasteiger partial charge in [-0.1, -0.05) is 36.4 Å². The lowest BCUT2D eigenvalue weighted by Gasteiger charge is -2.13. The van der Waals surface area contributed by atoms with Crippen molar-refractivity contribution in [3.05, 3.63) is 105 Å². The molecule has 0 saturated heterocycles. The zero-order chi connectivity index (χ0) is 25.6. The number of benzene rings is 2. The topological polar surface area (TPSA) is 80.2 Å². The summed E-state index contributed by atoms with van der Waals surface area (Å²) in [5.41, 5.74) is -1.70. The van der Waals surface area contributed by atoms with E-state index in [1.807, 2.05) is 30.3 Å². The van der Waals surface area contributed by atoms with Gasteiger partial charge in [-0.15, -0.1) is 0 Å². The maximum atomic E-state index is 14.1. The predicted octanol–water partition coefficient (Wildman–Crippen LogP) is 3.93. The summed E-state index contributed by atoms with van der Waals surface area (Å²) in [6, 6.07) is 11.4. The second-order valence-electron chi connectivity index (χ2n) is 7.73. The van der Waals surface area contributed by atoms with E-state index in [4.69, 9.17) is 0 Å². The predicted molar refractivity (Wildman–Crippen MR) is 121 cm³/mol. The van der Waals surface area contributed by atoms with E-state index < -0.39 is 41.3 Å². The number of rotatable bonds is 8. The highest BCUT2D eigenvalue weighted by Gasteiger charge is 2.31. The highest BCUT2D eigenvalue weighted by Crippen LogP contribution is 2.30. The number of aromatic nitrogens is 1. The molecule has 0 atom stereocenters. The van der Waals surface area contributed by atoms with Gasteiger partial charge in [-0.05, 0) is 31.0 Å². The standard InChI is InChI=1S/C25H23F4N3O3/c1-2-30-23(34)19-14-32(11-10-16-6-4-3-5-7-16)15-20(22(19)33)24(35)31-13-17-8-9-18(12-21(17)26)25(27,28)29/h3-9,12,14-15H,2,10-11,13H2,1H3,(H,30,34)(H,31,35). The van der Waals surface area contributed by atoms with Crippen molar-refractivity contribution in [3.63, 3.8) is 0 Å². The fourth-order valence-corrected chi connectivity index (χ4v) is 3.38. The first-order valence-corrected chi connectivity index (χ1v) is 10.8. The number of nitrogens with zero attached hydrogens (tertiary/aromatic N) is 1. The SMILES string of the molecule is CCNC(=O)c1cn(CCc2ccccc2)cc(C(=O)NCc2ccc(C(F)(F)F)cc2F)c1=O. The molecule has 0 saturated carbocycles. The minimum Gasteiger partial charge on any atom is -0.352 e. The second-order valence-corrected chi connectivity index (χ2v) is 7.73. The van der Waals surface area contributed by atoms with Crippen LogP contribution in [0, 0.1) is 5.82 Å². The smallest absolute Gasteiger partial charge is 0.352 e. The Balaban J connectivity index is 1.84. The van der Waals surface area contributed by atoms with Crippen LogP contribution in [0.25, 0.3) is 0 Å². The van der Waals surface area contributed by atoms with Crippen molar-refractivity contribution in [1.82, 2.24) is 15.2 Å². The van der Waals surface area contributed by atoms with Gasteiger partial charge in [-0.25, -0.2) is 4.39 Å². The fraction of sp³-hybridized carbons (Fsp3) is 0.240. The molecule has 0 aliphatic rings. The van der Waals surface area contributed by atoms with Crippen molar-refractivity contribution in [2.24, 2.45) is 0 Å². The Bertz CT molecular complexity index is 1270. The van der Waals surface area contributed by atoms with Crippen molar-refractivity contribution in [2.75, 3.05) is 6.54 Å². The van der Waals surface area contributed by atoms with Crippen molar-refractivity contribution in [3.8, 4) is 0 Å². The lowest BCUT2D eigenvalue weighted by atomic mass is 10.1. The number of carbonyl (C=O) groups is 2. The maximum absolute atomic E-state index is 14.1. The minimum atomic E-state index is -4.70. The van der Waals surface area contributed by atoms with Gasteiger partial charge in [-0.3, -0.25) is 14.4 Å². The van der Waals surface area contributed by atoms with E-state index in [0.717, 1.165) is 11.6 Å². The Morgan fingerprint density at radius 3 is 2.14 bits per heavy atom. The molecular weight excluding hydrogens is 466 g/mol. The number of amides is 2. The van der Waals surface area contributed by atoms with Gasteiger partial charge in [0.05, 0.1) is 5.56 Å². The van der Waals surface area contributed by atoms with Crippen molar-refractivity contribution >= 4 is 11.8 Å². The van der Waals surface area contributed by atoms with Gasteiger partial charge in [0.2, 0.25) is 5.43 Å². The Hall–Kier alpha value is -3.95. The van der Waals surface area contributed by atoms with Crippen LogP contribution >= 0.6 is 0 Å². The number of pyridine rings is 1. The Labute approximate surface area is 198 Å². The molecule has 6 nitrogen and oxygen atoms in total. The van der Waals surface area contributed by atoms with Gasteiger partial charge < -0.3 is 15.2 Å². The Kier molecular flexibility index (Phi) is 8.06. The molecule has 184 valence electrons. The summed E-state index contributed by atoms with van der Waals surface area (Å²) in [6.45, 7) is 1.87. The number of alkyl halides is 3. The third-order valence-corrected chi connectivity index (χ3v) is 5.23. The van der Waals surface area contributed by atoms with Crippen LogP contribution in [0.2, 0.25) is 0 Å². The molecule has 2 amide bonds. The van der Waals surface area contributed by atoms with Crippen LogP contribution < -0.4 is 16.1 Å². The molecule has 0 radical (unpaired) electrons. The number of halogens is 4. The molecule has 35 heavy (non-hydrogen) atoms. The molecule has 0 bridgehead atoms. The third-order valence-electron chi connectivity index (χ3n) is 5.23. The molecule has 1 heterocycles. The number of carbonyl (C=O) groups excluding carboxylic acids is 2. The van der Waals surface area contributed by atoms with E-state index in [1.54, 1.807) is 11.5 Å². The quantitative estimate of drug-likeness (QED) is 0.471. The second kappa shape index (κ2) is 11.0. The van der Waals surface area contributed by atoms with E-state index in [-0.39, 0.29) is 23.2 Å². The molecule has 3 rings (SSSR count). The summed E-state index contributed by atoms with van der Waals surface area (Å²) in [7, 11) is 0. The highest BCUT2D eigenvalue weighted by atomic mass is 19.4. The molecule has 10 heteroatoms. The van der Waals surface area contributed by atoms with Crippen LogP contribution in [0.1, 0.15) is 44.3 Å². The van der Waals surface area contributed by atoms with Crippen LogP contribution in [-0.4, -0.2) is 22.9 Å². The molecule has 0 unspecified atom stereocenters. The van der Waals surface area contributed by atoms with E-state index >= 15 is 0 Å². The molecular formula is C25H23F4N3O3. The monoisotopic (exact) mass is 489 g/mol. The molecule has 0 fully saturated rings. The van der Waals surface area contributed by atoms with E-state index in [0.29, 0.717) is 25.1 Å². The minimum absolute atomic E-state index is 0.185. The number of nitrogens with one attached hydrogen (secondary N) is 2. The molecule has 1 aromatic heterocycles. The van der Waals surface area contributed by atoms with Crippen LogP contribution in [0.4, 0.5) is 17.6 Å². The average Bonchev–Trinajstić information content (AvgIpc) is 2.82. The Morgan fingerprint density at radius 2 is 1.57 bits per heavy atom. The normalized spacial score (nSPS) is 11.2. The first-order chi connectivity index (χ1) is 16.6. The number of hydrogen-bond donors (Lipinski definition) is 2. The number of aryl methyl sites for hydroxylation is 2. The Morgan fingerprint density at radius 1 is 0.943 bits per heavy atom. The molecule has 0 aliphatic carbocycles. The van der Waals surface area contributed by atoms with E-state index in [2.05, 4.69) is 10.6 Å². The summed E-state index contributed by atoms with van der Waals surface area (Å²) in [4.78, 5) is 38.0. The first kappa shape index (κ1) is 25.7. The van der Waals surface area contributed by atoms with Crippen LogP contribution in [0.3, 0.4) is 0 Å². The number of hydrogen-bond acceptors (Lipinski definition) is 3. The zero-order valence-corrected chi connectivity index (χ0v) is 18.8. The molecule has 3 aromatic rings. The van der Waals surface area contributed by atoms with Gasteiger partial charge in [0.15, 0.2) is 0 Å². The first-order valence-electron chi connectivity index (χ1n) is 10.8. The van der Waals surface area contributed by atoms with Crippen molar-refractivity contribution in [2.45, 2.75) is 32.6 Å². The highest BCUT2D eigenvalue weighted by molar-refractivity contribution is 5.99. The van der Waals surface area contributed by atoms with Crippen LogP contribution in [0.15, 0.2) is 65.7 Å². The summed E-state index contributed by atoms with van der Waals surface area (Å²) in [6.07, 6.45) is -1.47. The lowest BCUT2D eigenvalue weighted by molar-refractivity contribution is -0.137. The molecule has 0 spiro atoms. The van der Waals surface area contributed by atoms with Gasteiger partial charge in [-0.2, -0.15) is 13.2 Å². The van der Waals surface area contributed by atoms with Crippen molar-refractivity contribution < 1.29 is 27.2 Å².